The summed E-state index contributed by atoms with van der Waals surface area (Å²) in [5.41, 5.74) is 3.13. The first-order valence-corrected chi connectivity index (χ1v) is 11.5. The Kier molecular flexibility index (Phi) is 7.16. The molecule has 0 aliphatic carbocycles. The van der Waals surface area contributed by atoms with Crippen molar-refractivity contribution in [2.24, 2.45) is 5.92 Å². The van der Waals surface area contributed by atoms with Crippen molar-refractivity contribution >= 4 is 22.8 Å². The van der Waals surface area contributed by atoms with Crippen LogP contribution in [-0.2, 0) is 16.1 Å². The normalized spacial score (nSPS) is 15.4. The third-order valence-corrected chi connectivity index (χ3v) is 5.84. The first-order chi connectivity index (χ1) is 16.0. The van der Waals surface area contributed by atoms with Gasteiger partial charge in [-0.1, -0.05) is 56.3 Å². The molecule has 4 rings (SSSR count). The molecule has 1 fully saturated rings. The molecule has 33 heavy (non-hydrogen) atoms. The fraction of sp³-hybridized carbons (Fsp3) is 0.385. The van der Waals surface area contributed by atoms with E-state index in [9.17, 15) is 10.1 Å². The van der Waals surface area contributed by atoms with E-state index in [-0.39, 0.29) is 12.5 Å². The molecule has 0 radical (unpaired) electrons. The van der Waals surface area contributed by atoms with E-state index in [1.807, 2.05) is 44.2 Å². The first kappa shape index (κ1) is 22.7. The van der Waals surface area contributed by atoms with Crippen LogP contribution in [0.1, 0.15) is 31.0 Å². The fourth-order valence-corrected chi connectivity index (χ4v) is 4.08. The molecular weight excluding hydrogens is 414 g/mol. The molecule has 3 aromatic rings. The van der Waals surface area contributed by atoms with Crippen molar-refractivity contribution in [2.45, 2.75) is 26.3 Å². The lowest BCUT2D eigenvalue weighted by atomic mass is 10.1. The molecule has 2 aromatic carbocycles. The molecule has 0 saturated carbocycles. The van der Waals surface area contributed by atoms with Gasteiger partial charge >= 0.3 is 5.97 Å². The van der Waals surface area contributed by atoms with Gasteiger partial charge in [0, 0.05) is 5.56 Å². The number of para-hydroxylation sites is 2. The molecule has 2 heterocycles. The second-order valence-electron chi connectivity index (χ2n) is 8.91. The van der Waals surface area contributed by atoms with Crippen LogP contribution in [0.4, 0.5) is 5.82 Å². The Balaban J connectivity index is 1.58. The van der Waals surface area contributed by atoms with Gasteiger partial charge in [0.1, 0.15) is 12.2 Å². The van der Waals surface area contributed by atoms with Gasteiger partial charge in [-0.3, -0.25) is 4.79 Å². The van der Waals surface area contributed by atoms with E-state index < -0.39 is 11.9 Å². The Morgan fingerprint density at radius 2 is 1.70 bits per heavy atom. The second-order valence-corrected chi connectivity index (χ2v) is 8.91. The van der Waals surface area contributed by atoms with Crippen LogP contribution in [0.3, 0.4) is 0 Å². The summed E-state index contributed by atoms with van der Waals surface area (Å²) >= 11 is 0. The number of nitrogens with zero attached hydrogens (tertiary/aromatic N) is 4. The van der Waals surface area contributed by atoms with Crippen LogP contribution in [0.5, 0.6) is 0 Å². The smallest absolute Gasteiger partial charge is 0.329 e. The number of esters is 1. The fourth-order valence-electron chi connectivity index (χ4n) is 4.08. The quantitative estimate of drug-likeness (QED) is 0.563. The van der Waals surface area contributed by atoms with Crippen molar-refractivity contribution in [3.05, 3.63) is 65.9 Å². The lowest BCUT2D eigenvalue weighted by Gasteiger charge is -2.34. The van der Waals surface area contributed by atoms with Crippen LogP contribution in [0.25, 0.3) is 11.0 Å². The Labute approximate surface area is 194 Å². The molecule has 0 unspecified atom stereocenters. The summed E-state index contributed by atoms with van der Waals surface area (Å²) in [4.78, 5) is 26.0. The summed E-state index contributed by atoms with van der Waals surface area (Å²) in [6, 6.07) is 20.2. The standard InChI is InChI=1S/C26H29N5O2/c1-19(2)18-33-26(32)21(16-27)24-25(29-23-11-7-6-10-22(23)28-24)31-14-12-30(13-15-31)17-20-8-4-3-5-9-20/h3-11,19,21H,12-15,17-18H2,1-2H3/p+1/t21-/m1/s1. The van der Waals surface area contributed by atoms with Crippen LogP contribution >= 0.6 is 0 Å². The molecule has 1 aliphatic rings. The largest absolute Gasteiger partial charge is 0.464 e. The van der Waals surface area contributed by atoms with Gasteiger partial charge in [-0.2, -0.15) is 5.26 Å². The van der Waals surface area contributed by atoms with Gasteiger partial charge in [-0.05, 0) is 18.1 Å². The van der Waals surface area contributed by atoms with Crippen LogP contribution in [0, 0.1) is 17.2 Å². The van der Waals surface area contributed by atoms with Crippen molar-refractivity contribution in [3.63, 3.8) is 0 Å². The molecule has 1 atom stereocenters. The molecule has 0 spiro atoms. The topological polar surface area (TPSA) is 83.5 Å². The highest BCUT2D eigenvalue weighted by Crippen LogP contribution is 2.28. The minimum atomic E-state index is -1.11. The molecule has 0 amide bonds. The van der Waals surface area contributed by atoms with Crippen molar-refractivity contribution in [1.29, 1.82) is 5.26 Å². The Bertz CT molecular complexity index is 1130. The van der Waals surface area contributed by atoms with Crippen molar-refractivity contribution in [3.8, 4) is 6.07 Å². The van der Waals surface area contributed by atoms with Crippen molar-refractivity contribution in [1.82, 2.24) is 9.97 Å². The summed E-state index contributed by atoms with van der Waals surface area (Å²) in [5.74, 6) is -0.868. The van der Waals surface area contributed by atoms with Crippen LogP contribution in [0.2, 0.25) is 0 Å². The number of carbonyl (C=O) groups is 1. The van der Waals surface area contributed by atoms with E-state index in [0.29, 0.717) is 17.0 Å². The Hall–Kier alpha value is -3.50. The van der Waals surface area contributed by atoms with Gasteiger partial charge in [0.2, 0.25) is 0 Å². The molecule has 7 nitrogen and oxygen atoms in total. The number of quaternary nitrogens is 1. The Morgan fingerprint density at radius 3 is 2.33 bits per heavy atom. The van der Waals surface area contributed by atoms with Crippen LogP contribution in [-0.4, -0.2) is 48.7 Å². The SMILES string of the molecule is CC(C)COC(=O)[C@H](C#N)c1nc2ccccc2nc1N1CC[NH+](Cc2ccccc2)CC1. The number of piperazine rings is 1. The van der Waals surface area contributed by atoms with E-state index in [0.717, 1.165) is 38.2 Å². The number of carbonyl (C=O) groups excluding carboxylic acids is 1. The molecule has 1 aliphatic heterocycles. The first-order valence-electron chi connectivity index (χ1n) is 11.5. The monoisotopic (exact) mass is 444 g/mol. The number of ether oxygens (including phenoxy) is 1. The highest BCUT2D eigenvalue weighted by Gasteiger charge is 2.32. The lowest BCUT2D eigenvalue weighted by Crippen LogP contribution is -3.13. The van der Waals surface area contributed by atoms with Gasteiger partial charge in [0.15, 0.2) is 11.7 Å². The van der Waals surface area contributed by atoms with E-state index in [1.165, 1.54) is 10.5 Å². The number of hydrogen-bond donors (Lipinski definition) is 1. The minimum Gasteiger partial charge on any atom is -0.464 e. The Morgan fingerprint density at radius 1 is 1.06 bits per heavy atom. The van der Waals surface area contributed by atoms with Crippen molar-refractivity contribution in [2.75, 3.05) is 37.7 Å². The summed E-state index contributed by atoms with van der Waals surface area (Å²) in [7, 11) is 0. The minimum absolute atomic E-state index is 0.191. The summed E-state index contributed by atoms with van der Waals surface area (Å²) < 4.78 is 5.40. The zero-order chi connectivity index (χ0) is 23.2. The molecule has 7 heteroatoms. The maximum Gasteiger partial charge on any atom is 0.329 e. The number of benzene rings is 2. The molecular formula is C26H30N5O2+. The molecule has 1 saturated heterocycles. The van der Waals surface area contributed by atoms with E-state index in [2.05, 4.69) is 35.2 Å². The van der Waals surface area contributed by atoms with Crippen LogP contribution in [0.15, 0.2) is 54.6 Å². The second kappa shape index (κ2) is 10.4. The molecule has 1 aromatic heterocycles. The number of anilines is 1. The van der Waals surface area contributed by atoms with E-state index >= 15 is 0 Å². The average molecular weight is 445 g/mol. The third-order valence-electron chi connectivity index (χ3n) is 5.84. The predicted octanol–water partition coefficient (Wildman–Crippen LogP) is 2.34. The maximum absolute atomic E-state index is 12.8. The number of rotatable bonds is 7. The highest BCUT2D eigenvalue weighted by atomic mass is 16.5. The average Bonchev–Trinajstić information content (AvgIpc) is 2.84. The molecule has 1 N–H and O–H groups in total. The highest BCUT2D eigenvalue weighted by molar-refractivity contribution is 5.85. The summed E-state index contributed by atoms with van der Waals surface area (Å²) in [5, 5.41) is 9.87. The van der Waals surface area contributed by atoms with Crippen LogP contribution < -0.4 is 9.80 Å². The maximum atomic E-state index is 12.8. The van der Waals surface area contributed by atoms with Gasteiger partial charge in [0.05, 0.1) is 49.9 Å². The van der Waals surface area contributed by atoms with Gasteiger partial charge < -0.3 is 14.5 Å². The van der Waals surface area contributed by atoms with E-state index in [4.69, 9.17) is 14.7 Å². The zero-order valence-corrected chi connectivity index (χ0v) is 19.2. The number of nitriles is 1. The molecule has 170 valence electrons. The predicted molar refractivity (Wildman–Crippen MR) is 127 cm³/mol. The lowest BCUT2D eigenvalue weighted by molar-refractivity contribution is -0.914. The van der Waals surface area contributed by atoms with E-state index in [1.54, 1.807) is 0 Å². The van der Waals surface area contributed by atoms with Gasteiger partial charge in [-0.15, -0.1) is 0 Å². The number of aromatic nitrogens is 2. The van der Waals surface area contributed by atoms with Crippen molar-refractivity contribution < 1.29 is 14.4 Å². The van der Waals surface area contributed by atoms with Gasteiger partial charge in [-0.25, -0.2) is 9.97 Å². The third kappa shape index (κ3) is 5.47. The summed E-state index contributed by atoms with van der Waals surface area (Å²) in [6.07, 6.45) is 0. The number of nitrogens with one attached hydrogen (secondary N) is 1. The number of hydrogen-bond acceptors (Lipinski definition) is 6. The molecule has 0 bridgehead atoms. The van der Waals surface area contributed by atoms with Gasteiger partial charge in [0.25, 0.3) is 0 Å². The summed E-state index contributed by atoms with van der Waals surface area (Å²) in [6.45, 7) is 8.63. The number of fused-ring (bicyclic) bond motifs is 1. The zero-order valence-electron chi connectivity index (χ0n) is 19.2.